The van der Waals surface area contributed by atoms with Crippen LogP contribution in [0.2, 0.25) is 0 Å². The van der Waals surface area contributed by atoms with Crippen LogP contribution in [0.4, 0.5) is 35.2 Å². The summed E-state index contributed by atoms with van der Waals surface area (Å²) in [6.45, 7) is 0.164. The summed E-state index contributed by atoms with van der Waals surface area (Å²) in [6.07, 6.45) is 2.70. The fourth-order valence-electron chi connectivity index (χ4n) is 5.05. The second kappa shape index (κ2) is 12.4. The van der Waals surface area contributed by atoms with Gasteiger partial charge in [0.05, 0.1) is 29.7 Å². The van der Waals surface area contributed by atoms with E-state index in [-0.39, 0.29) is 35.3 Å². The van der Waals surface area contributed by atoms with Gasteiger partial charge in [-0.05, 0) is 55.3 Å². The van der Waals surface area contributed by atoms with Gasteiger partial charge in [-0.15, -0.1) is 0 Å². The van der Waals surface area contributed by atoms with Crippen molar-refractivity contribution in [3.63, 3.8) is 0 Å². The fraction of sp³-hybridized carbons (Fsp3) is 0.258. The van der Waals surface area contributed by atoms with Crippen molar-refractivity contribution in [1.82, 2.24) is 9.97 Å². The molecule has 216 valence electrons. The molecule has 4 aromatic rings. The number of aromatic nitrogens is 2. The number of alkyl halides is 3. The normalized spacial score (nSPS) is 13.7. The molecule has 2 amide bonds. The zero-order valence-electron chi connectivity index (χ0n) is 22.6. The van der Waals surface area contributed by atoms with Gasteiger partial charge in [-0.3, -0.25) is 4.90 Å². The average Bonchev–Trinajstić information content (AvgIpc) is 3.53. The smallest absolute Gasteiger partial charge is 0.416 e. The van der Waals surface area contributed by atoms with E-state index in [0.717, 1.165) is 44.2 Å². The molecule has 1 aliphatic rings. The first kappa shape index (κ1) is 28.7. The standard InChI is InChI=1S/C31H29F3N6O2/c32-31(33,34)23-8-4-7-21(16-23)27-12-11-26(36)29(39-27)40(25-9-2-1-3-10-25)30(41)38-24-15-20(6-5-13-35)14-22(17-24)28-18-37-19-42-28/h4,7-8,11-12,14-19,25H,1-3,9-10,13,35-36H2,(H,38,41). The molecule has 5 N–H and O–H groups in total. The molecule has 42 heavy (non-hydrogen) atoms. The van der Waals surface area contributed by atoms with Crippen LogP contribution >= 0.6 is 0 Å². The van der Waals surface area contributed by atoms with Crippen molar-refractivity contribution >= 4 is 23.2 Å². The summed E-state index contributed by atoms with van der Waals surface area (Å²) >= 11 is 0. The highest BCUT2D eigenvalue weighted by atomic mass is 19.4. The molecule has 0 saturated heterocycles. The quantitative estimate of drug-likeness (QED) is 0.228. The molecule has 2 aromatic heterocycles. The van der Waals surface area contributed by atoms with E-state index in [1.165, 1.54) is 17.4 Å². The second-order valence-corrected chi connectivity index (χ2v) is 9.95. The molecule has 0 aliphatic heterocycles. The summed E-state index contributed by atoms with van der Waals surface area (Å²) < 4.78 is 45.6. The minimum absolute atomic E-state index is 0.164. The predicted molar refractivity (Wildman–Crippen MR) is 155 cm³/mol. The second-order valence-electron chi connectivity index (χ2n) is 9.95. The van der Waals surface area contributed by atoms with Crippen LogP contribution in [0.15, 0.2) is 71.6 Å². The van der Waals surface area contributed by atoms with Gasteiger partial charge in [-0.1, -0.05) is 43.2 Å². The lowest BCUT2D eigenvalue weighted by atomic mass is 9.94. The van der Waals surface area contributed by atoms with Gasteiger partial charge in [0, 0.05) is 28.4 Å². The highest BCUT2D eigenvalue weighted by Crippen LogP contribution is 2.35. The molecule has 2 aromatic carbocycles. The monoisotopic (exact) mass is 574 g/mol. The first-order chi connectivity index (χ1) is 20.2. The molecule has 5 rings (SSSR count). The van der Waals surface area contributed by atoms with Crippen LogP contribution in [-0.2, 0) is 6.18 Å². The topological polar surface area (TPSA) is 123 Å². The zero-order valence-corrected chi connectivity index (χ0v) is 22.6. The summed E-state index contributed by atoms with van der Waals surface area (Å²) in [5.74, 6) is 6.47. The van der Waals surface area contributed by atoms with Crippen molar-refractivity contribution in [2.75, 3.05) is 22.5 Å². The van der Waals surface area contributed by atoms with Gasteiger partial charge in [0.1, 0.15) is 0 Å². The summed E-state index contributed by atoms with van der Waals surface area (Å²) in [6, 6.07) is 12.6. The number of hydrogen-bond donors (Lipinski definition) is 3. The molecule has 0 spiro atoms. The van der Waals surface area contributed by atoms with Crippen LogP contribution < -0.4 is 21.7 Å². The lowest BCUT2D eigenvalue weighted by Crippen LogP contribution is -2.45. The molecule has 2 heterocycles. The molecule has 1 aliphatic carbocycles. The van der Waals surface area contributed by atoms with Crippen LogP contribution in [0, 0.1) is 11.8 Å². The number of rotatable bonds is 5. The van der Waals surface area contributed by atoms with E-state index in [1.54, 1.807) is 42.6 Å². The van der Waals surface area contributed by atoms with E-state index in [0.29, 0.717) is 22.6 Å². The average molecular weight is 575 g/mol. The number of hydrogen-bond acceptors (Lipinski definition) is 6. The summed E-state index contributed by atoms with van der Waals surface area (Å²) in [7, 11) is 0. The van der Waals surface area contributed by atoms with Crippen LogP contribution in [0.3, 0.4) is 0 Å². The third kappa shape index (κ3) is 6.56. The number of carbonyl (C=O) groups excluding carboxylic acids is 1. The molecule has 8 nitrogen and oxygen atoms in total. The molecule has 0 atom stereocenters. The van der Waals surface area contributed by atoms with E-state index in [2.05, 4.69) is 27.1 Å². The number of anilines is 3. The van der Waals surface area contributed by atoms with Crippen molar-refractivity contribution in [1.29, 1.82) is 0 Å². The highest BCUT2D eigenvalue weighted by molar-refractivity contribution is 6.03. The third-order valence-corrected chi connectivity index (χ3v) is 7.01. The van der Waals surface area contributed by atoms with Crippen molar-refractivity contribution in [3.8, 4) is 34.4 Å². The van der Waals surface area contributed by atoms with Gasteiger partial charge in [0.15, 0.2) is 18.0 Å². The molecular formula is C31H29F3N6O2. The van der Waals surface area contributed by atoms with Gasteiger partial charge in [-0.2, -0.15) is 13.2 Å². The lowest BCUT2D eigenvalue weighted by molar-refractivity contribution is -0.137. The van der Waals surface area contributed by atoms with Gasteiger partial charge < -0.3 is 21.2 Å². The SMILES string of the molecule is NCC#Cc1cc(NC(=O)N(c2nc(-c3cccc(C(F)(F)F)c3)ccc2N)C2CCCCC2)cc(-c2cnco2)c1. The number of urea groups is 1. The number of pyridine rings is 1. The first-order valence-corrected chi connectivity index (χ1v) is 13.5. The number of oxazole rings is 1. The van der Waals surface area contributed by atoms with Gasteiger partial charge >= 0.3 is 12.2 Å². The molecular weight excluding hydrogens is 545 g/mol. The Morgan fingerprint density at radius 2 is 1.88 bits per heavy atom. The molecule has 1 fully saturated rings. The summed E-state index contributed by atoms with van der Waals surface area (Å²) in [4.78, 5) is 24.1. The van der Waals surface area contributed by atoms with Crippen molar-refractivity contribution in [2.24, 2.45) is 5.73 Å². The Morgan fingerprint density at radius 3 is 2.60 bits per heavy atom. The fourth-order valence-corrected chi connectivity index (χ4v) is 5.05. The molecule has 0 radical (unpaired) electrons. The van der Waals surface area contributed by atoms with Crippen molar-refractivity contribution in [2.45, 2.75) is 44.3 Å². The van der Waals surface area contributed by atoms with E-state index in [1.807, 2.05) is 0 Å². The largest absolute Gasteiger partial charge is 0.444 e. The summed E-state index contributed by atoms with van der Waals surface area (Å²) in [5.41, 5.74) is 13.6. The highest BCUT2D eigenvalue weighted by Gasteiger charge is 2.32. The zero-order chi connectivity index (χ0) is 29.7. The van der Waals surface area contributed by atoms with E-state index in [9.17, 15) is 18.0 Å². The Kier molecular flexibility index (Phi) is 8.45. The minimum atomic E-state index is -4.51. The Hall–Kier alpha value is -4.82. The van der Waals surface area contributed by atoms with E-state index < -0.39 is 17.8 Å². The van der Waals surface area contributed by atoms with Gasteiger partial charge in [0.2, 0.25) is 0 Å². The van der Waals surface area contributed by atoms with Crippen molar-refractivity contribution in [3.05, 3.63) is 78.3 Å². The number of carbonyl (C=O) groups is 1. The molecule has 1 saturated carbocycles. The Morgan fingerprint density at radius 1 is 1.07 bits per heavy atom. The number of benzene rings is 2. The molecule has 0 bridgehead atoms. The van der Waals surface area contributed by atoms with Crippen molar-refractivity contribution < 1.29 is 22.4 Å². The van der Waals surface area contributed by atoms with Crippen LogP contribution in [0.1, 0.15) is 43.2 Å². The molecule has 11 heteroatoms. The Labute approximate surface area is 240 Å². The number of nitrogens with one attached hydrogen (secondary N) is 1. The number of nitrogen functional groups attached to an aromatic ring is 1. The van der Waals surface area contributed by atoms with E-state index in [4.69, 9.17) is 15.9 Å². The maximum atomic E-state index is 14.0. The number of nitrogens with zero attached hydrogens (tertiary/aromatic N) is 3. The van der Waals surface area contributed by atoms with E-state index >= 15 is 0 Å². The Bertz CT molecular complexity index is 1620. The summed E-state index contributed by atoms with van der Waals surface area (Å²) in [5, 5.41) is 2.95. The number of nitrogens with two attached hydrogens (primary N) is 2. The molecule has 0 unspecified atom stereocenters. The van der Waals surface area contributed by atoms with Crippen LogP contribution in [-0.4, -0.2) is 28.6 Å². The first-order valence-electron chi connectivity index (χ1n) is 13.5. The van der Waals surface area contributed by atoms with Crippen LogP contribution in [0.25, 0.3) is 22.6 Å². The number of amides is 2. The maximum absolute atomic E-state index is 14.0. The van der Waals surface area contributed by atoms with Gasteiger partial charge in [-0.25, -0.2) is 14.8 Å². The van der Waals surface area contributed by atoms with Gasteiger partial charge in [0.25, 0.3) is 0 Å². The number of halogens is 3. The minimum Gasteiger partial charge on any atom is -0.444 e. The van der Waals surface area contributed by atoms with Crippen LogP contribution in [0.5, 0.6) is 0 Å². The predicted octanol–water partition coefficient (Wildman–Crippen LogP) is 6.69. The third-order valence-electron chi connectivity index (χ3n) is 7.01. The maximum Gasteiger partial charge on any atom is 0.416 e. The lowest BCUT2D eigenvalue weighted by Gasteiger charge is -2.34. The Balaban J connectivity index is 1.54.